The van der Waals surface area contributed by atoms with Crippen molar-refractivity contribution in [3.05, 3.63) is 56.4 Å². The van der Waals surface area contributed by atoms with Crippen LogP contribution in [-0.4, -0.2) is 27.4 Å². The van der Waals surface area contributed by atoms with Crippen LogP contribution >= 0.6 is 11.3 Å². The van der Waals surface area contributed by atoms with Gasteiger partial charge < -0.3 is 9.84 Å². The number of aliphatic hydroxyl groups excluding tert-OH is 1. The predicted octanol–water partition coefficient (Wildman–Crippen LogP) is 3.64. The zero-order chi connectivity index (χ0) is 19.8. The molecule has 1 N–H and O–H groups in total. The summed E-state index contributed by atoms with van der Waals surface area (Å²) in [5.74, 6) is 1.45. The van der Waals surface area contributed by atoms with E-state index in [0.29, 0.717) is 5.92 Å². The zero-order valence-corrected chi connectivity index (χ0v) is 17.4. The zero-order valence-electron chi connectivity index (χ0n) is 16.6. The van der Waals surface area contributed by atoms with Gasteiger partial charge >= 0.3 is 0 Å². The van der Waals surface area contributed by atoms with Gasteiger partial charge in [-0.05, 0) is 55.7 Å². The molecule has 2 atom stereocenters. The highest BCUT2D eigenvalue weighted by atomic mass is 32.1. The number of ether oxygens (including phenoxy) is 1. The Hall–Kier alpha value is -2.18. The highest BCUT2D eigenvalue weighted by Gasteiger charge is 2.23. The summed E-state index contributed by atoms with van der Waals surface area (Å²) in [6.45, 7) is 6.53. The van der Waals surface area contributed by atoms with Gasteiger partial charge in [0.25, 0.3) is 5.56 Å². The molecule has 28 heavy (non-hydrogen) atoms. The standard InChI is InChI=1S/C22H26N2O3S/c1-13-7-8-17-18(9-13)28-21-19(17)22(26)24(12-23-21)10-16(25)11-27-20-14(2)5-4-6-15(20)3/h4-6,12-13,16,25H,7-11H2,1-3H3. The fourth-order valence-corrected chi connectivity index (χ4v) is 5.32. The number of hydrogen-bond donors (Lipinski definition) is 1. The van der Waals surface area contributed by atoms with Crippen LogP contribution in [0.4, 0.5) is 0 Å². The Bertz CT molecular complexity index is 1050. The normalized spacial score (nSPS) is 17.5. The van der Waals surface area contributed by atoms with Gasteiger partial charge in [-0.3, -0.25) is 9.36 Å². The van der Waals surface area contributed by atoms with Gasteiger partial charge in [-0.15, -0.1) is 11.3 Å². The molecule has 0 aliphatic heterocycles. The van der Waals surface area contributed by atoms with Crippen molar-refractivity contribution in [2.75, 3.05) is 6.61 Å². The van der Waals surface area contributed by atoms with Gasteiger partial charge in [0.2, 0.25) is 0 Å². The molecule has 1 aliphatic carbocycles. The number of hydrogen-bond acceptors (Lipinski definition) is 5. The number of thiophene rings is 1. The topological polar surface area (TPSA) is 64.3 Å². The van der Waals surface area contributed by atoms with E-state index < -0.39 is 6.10 Å². The molecule has 1 aromatic carbocycles. The summed E-state index contributed by atoms with van der Waals surface area (Å²) in [5.41, 5.74) is 3.19. The van der Waals surface area contributed by atoms with E-state index in [4.69, 9.17) is 4.74 Å². The fourth-order valence-electron chi connectivity index (χ4n) is 3.98. The minimum absolute atomic E-state index is 0.0526. The minimum Gasteiger partial charge on any atom is -0.490 e. The van der Waals surface area contributed by atoms with Gasteiger partial charge in [0, 0.05) is 4.88 Å². The Kier molecular flexibility index (Phi) is 5.25. The predicted molar refractivity (Wildman–Crippen MR) is 112 cm³/mol. The second-order valence-corrected chi connectivity index (χ2v) is 9.00. The van der Waals surface area contributed by atoms with Crippen molar-refractivity contribution in [3.8, 4) is 5.75 Å². The Morgan fingerprint density at radius 2 is 2.11 bits per heavy atom. The number of aliphatic hydroxyl groups is 1. The van der Waals surface area contributed by atoms with E-state index in [1.165, 1.54) is 15.0 Å². The maximum absolute atomic E-state index is 13.0. The van der Waals surface area contributed by atoms with Crippen molar-refractivity contribution in [1.82, 2.24) is 9.55 Å². The van der Waals surface area contributed by atoms with Gasteiger partial charge in [-0.25, -0.2) is 4.98 Å². The van der Waals surface area contributed by atoms with Crippen LogP contribution in [0, 0.1) is 19.8 Å². The average Bonchev–Trinajstić information content (AvgIpc) is 3.01. The van der Waals surface area contributed by atoms with Crippen molar-refractivity contribution in [2.24, 2.45) is 5.92 Å². The summed E-state index contributed by atoms with van der Waals surface area (Å²) in [6.07, 6.45) is 3.85. The van der Waals surface area contributed by atoms with Crippen LogP contribution in [0.5, 0.6) is 5.75 Å². The van der Waals surface area contributed by atoms with Crippen LogP contribution in [-0.2, 0) is 19.4 Å². The molecule has 0 saturated heterocycles. The van der Waals surface area contributed by atoms with Gasteiger partial charge in [0.1, 0.15) is 23.3 Å². The molecule has 2 heterocycles. The SMILES string of the molecule is Cc1cccc(C)c1OCC(O)Cn1cnc2sc3c(c2c1=O)CCC(C)C3. The molecule has 6 heteroatoms. The van der Waals surface area contributed by atoms with E-state index in [9.17, 15) is 9.90 Å². The molecule has 0 saturated carbocycles. The molecule has 2 unspecified atom stereocenters. The van der Waals surface area contributed by atoms with Crippen molar-refractivity contribution < 1.29 is 9.84 Å². The van der Waals surface area contributed by atoms with Gasteiger partial charge in [-0.2, -0.15) is 0 Å². The number of fused-ring (bicyclic) bond motifs is 3. The van der Waals surface area contributed by atoms with E-state index in [2.05, 4.69) is 11.9 Å². The summed E-state index contributed by atoms with van der Waals surface area (Å²) in [7, 11) is 0. The first-order valence-electron chi connectivity index (χ1n) is 9.80. The van der Waals surface area contributed by atoms with Crippen molar-refractivity contribution in [2.45, 2.75) is 52.7 Å². The van der Waals surface area contributed by atoms with Crippen LogP contribution in [0.1, 0.15) is 34.9 Å². The van der Waals surface area contributed by atoms with Crippen LogP contribution in [0.15, 0.2) is 29.3 Å². The van der Waals surface area contributed by atoms with E-state index in [1.54, 1.807) is 17.7 Å². The number of aryl methyl sites for hydroxylation is 3. The summed E-state index contributed by atoms with van der Waals surface area (Å²) in [5, 5.41) is 11.2. The molecule has 0 radical (unpaired) electrons. The monoisotopic (exact) mass is 398 g/mol. The number of nitrogens with zero attached hydrogens (tertiary/aromatic N) is 2. The van der Waals surface area contributed by atoms with Crippen LogP contribution in [0.3, 0.4) is 0 Å². The van der Waals surface area contributed by atoms with Crippen LogP contribution in [0.2, 0.25) is 0 Å². The second kappa shape index (κ2) is 7.68. The third kappa shape index (κ3) is 3.59. The summed E-state index contributed by atoms with van der Waals surface area (Å²) in [4.78, 5) is 19.7. The lowest BCUT2D eigenvalue weighted by Gasteiger charge is -2.18. The van der Waals surface area contributed by atoms with E-state index in [1.807, 2.05) is 32.0 Å². The van der Waals surface area contributed by atoms with Crippen molar-refractivity contribution in [1.29, 1.82) is 0 Å². The third-order valence-corrected chi connectivity index (χ3v) is 6.68. The second-order valence-electron chi connectivity index (χ2n) is 7.92. The first kappa shape index (κ1) is 19.2. The lowest BCUT2D eigenvalue weighted by Crippen LogP contribution is -2.30. The molecular formula is C22H26N2O3S. The lowest BCUT2D eigenvalue weighted by molar-refractivity contribution is 0.0908. The Balaban J connectivity index is 1.53. The van der Waals surface area contributed by atoms with Crippen LogP contribution < -0.4 is 10.3 Å². The van der Waals surface area contributed by atoms with Gasteiger partial charge in [-0.1, -0.05) is 25.1 Å². The van der Waals surface area contributed by atoms with E-state index >= 15 is 0 Å². The first-order chi connectivity index (χ1) is 13.4. The molecule has 2 aromatic heterocycles. The van der Waals surface area contributed by atoms with Crippen LogP contribution in [0.25, 0.3) is 10.2 Å². The number of benzene rings is 1. The fraction of sp³-hybridized carbons (Fsp3) is 0.455. The Labute approximate surface area is 168 Å². The minimum atomic E-state index is -0.787. The number of aromatic nitrogens is 2. The Morgan fingerprint density at radius 1 is 1.36 bits per heavy atom. The summed E-state index contributed by atoms with van der Waals surface area (Å²) >= 11 is 1.64. The average molecular weight is 399 g/mol. The molecule has 148 valence electrons. The highest BCUT2D eigenvalue weighted by Crippen LogP contribution is 2.35. The quantitative estimate of drug-likeness (QED) is 0.713. The molecule has 0 amide bonds. The molecule has 4 rings (SSSR count). The van der Waals surface area contributed by atoms with Crippen molar-refractivity contribution in [3.63, 3.8) is 0 Å². The molecule has 1 aliphatic rings. The smallest absolute Gasteiger partial charge is 0.262 e. The summed E-state index contributed by atoms with van der Waals surface area (Å²) < 4.78 is 7.35. The van der Waals surface area contributed by atoms with E-state index in [0.717, 1.165) is 46.4 Å². The maximum atomic E-state index is 13.0. The molecular weight excluding hydrogens is 372 g/mol. The van der Waals surface area contributed by atoms with Gasteiger partial charge in [0.15, 0.2) is 0 Å². The third-order valence-electron chi connectivity index (χ3n) is 5.52. The summed E-state index contributed by atoms with van der Waals surface area (Å²) in [6, 6.07) is 5.95. The number of para-hydroxylation sites is 1. The van der Waals surface area contributed by atoms with Gasteiger partial charge in [0.05, 0.1) is 18.3 Å². The lowest BCUT2D eigenvalue weighted by atomic mass is 9.89. The highest BCUT2D eigenvalue weighted by molar-refractivity contribution is 7.18. The molecule has 0 fully saturated rings. The Morgan fingerprint density at radius 3 is 2.86 bits per heavy atom. The number of rotatable bonds is 5. The molecule has 5 nitrogen and oxygen atoms in total. The maximum Gasteiger partial charge on any atom is 0.262 e. The molecule has 0 spiro atoms. The van der Waals surface area contributed by atoms with E-state index in [-0.39, 0.29) is 18.7 Å². The first-order valence-corrected chi connectivity index (χ1v) is 10.6. The largest absolute Gasteiger partial charge is 0.490 e. The molecule has 0 bridgehead atoms. The molecule has 3 aromatic rings. The van der Waals surface area contributed by atoms with Crippen molar-refractivity contribution >= 4 is 21.6 Å².